The number of nitrogens with one attached hydrogen (secondary N) is 1. The van der Waals surface area contributed by atoms with Crippen LogP contribution in [0.4, 0.5) is 13.2 Å². The number of aromatic nitrogens is 2. The zero-order chi connectivity index (χ0) is 11.1. The summed E-state index contributed by atoms with van der Waals surface area (Å²) in [5.74, 6) is 0.698. The molecular formula is C10H9F3N2. The van der Waals surface area contributed by atoms with Crippen LogP contribution in [0.15, 0.2) is 18.2 Å². The van der Waals surface area contributed by atoms with E-state index in [2.05, 4.69) is 9.97 Å². The summed E-state index contributed by atoms with van der Waals surface area (Å²) in [5.41, 5.74) is 0.350. The van der Waals surface area contributed by atoms with E-state index < -0.39 is 11.7 Å². The third kappa shape index (κ3) is 1.82. The van der Waals surface area contributed by atoms with Gasteiger partial charge in [-0.1, -0.05) is 6.92 Å². The fourth-order valence-corrected chi connectivity index (χ4v) is 1.41. The first-order valence-electron chi connectivity index (χ1n) is 4.56. The first-order chi connectivity index (χ1) is 7.00. The van der Waals surface area contributed by atoms with Crippen molar-refractivity contribution in [3.63, 3.8) is 0 Å². The van der Waals surface area contributed by atoms with Crippen LogP contribution < -0.4 is 0 Å². The minimum absolute atomic E-state index is 0.432. The lowest BCUT2D eigenvalue weighted by Gasteiger charge is -2.05. The van der Waals surface area contributed by atoms with Gasteiger partial charge in [0, 0.05) is 6.42 Å². The van der Waals surface area contributed by atoms with Gasteiger partial charge in [0.2, 0.25) is 0 Å². The van der Waals surface area contributed by atoms with Gasteiger partial charge in [-0.05, 0) is 18.2 Å². The molecule has 0 saturated carbocycles. The lowest BCUT2D eigenvalue weighted by molar-refractivity contribution is -0.137. The second kappa shape index (κ2) is 3.25. The van der Waals surface area contributed by atoms with Crippen LogP contribution in [0.2, 0.25) is 0 Å². The Morgan fingerprint density at radius 1 is 1.33 bits per heavy atom. The molecule has 2 rings (SSSR count). The molecule has 0 bridgehead atoms. The molecule has 0 fully saturated rings. The highest BCUT2D eigenvalue weighted by molar-refractivity contribution is 5.76. The average Bonchev–Trinajstić information content (AvgIpc) is 2.57. The molecule has 0 aliphatic heterocycles. The summed E-state index contributed by atoms with van der Waals surface area (Å²) in [5, 5.41) is 0. The summed E-state index contributed by atoms with van der Waals surface area (Å²) < 4.78 is 37.1. The largest absolute Gasteiger partial charge is 0.416 e. The Bertz CT molecular complexity index is 485. The number of aryl methyl sites for hydroxylation is 1. The van der Waals surface area contributed by atoms with E-state index in [-0.39, 0.29) is 0 Å². The van der Waals surface area contributed by atoms with Crippen LogP contribution in [0.25, 0.3) is 11.0 Å². The zero-order valence-electron chi connectivity index (χ0n) is 8.02. The van der Waals surface area contributed by atoms with Crippen LogP contribution >= 0.6 is 0 Å². The summed E-state index contributed by atoms with van der Waals surface area (Å²) in [6, 6.07) is 3.51. The van der Waals surface area contributed by atoms with Gasteiger partial charge in [0.25, 0.3) is 0 Å². The van der Waals surface area contributed by atoms with Crippen LogP contribution in [0, 0.1) is 0 Å². The van der Waals surface area contributed by atoms with Crippen molar-refractivity contribution in [2.45, 2.75) is 19.5 Å². The van der Waals surface area contributed by atoms with Crippen LogP contribution in [0.3, 0.4) is 0 Å². The summed E-state index contributed by atoms with van der Waals surface area (Å²) >= 11 is 0. The summed E-state index contributed by atoms with van der Waals surface area (Å²) in [4.78, 5) is 6.98. The van der Waals surface area contributed by atoms with Crippen molar-refractivity contribution in [1.29, 1.82) is 0 Å². The first-order valence-corrected chi connectivity index (χ1v) is 4.56. The van der Waals surface area contributed by atoms with E-state index in [9.17, 15) is 13.2 Å². The molecule has 0 atom stereocenters. The highest BCUT2D eigenvalue weighted by Gasteiger charge is 2.30. The SMILES string of the molecule is CCc1nc2ccc(C(F)(F)F)cc2[nH]1. The minimum Gasteiger partial charge on any atom is -0.342 e. The Balaban J connectivity index is 2.55. The number of aromatic amines is 1. The van der Waals surface area contributed by atoms with Crippen LogP contribution in [-0.2, 0) is 12.6 Å². The normalized spacial score (nSPS) is 12.3. The van der Waals surface area contributed by atoms with Gasteiger partial charge >= 0.3 is 6.18 Å². The Morgan fingerprint density at radius 2 is 2.07 bits per heavy atom. The second-order valence-corrected chi connectivity index (χ2v) is 3.27. The number of H-pyrrole nitrogens is 1. The lowest BCUT2D eigenvalue weighted by atomic mass is 10.2. The maximum atomic E-state index is 12.4. The number of hydrogen-bond donors (Lipinski definition) is 1. The molecular weight excluding hydrogens is 205 g/mol. The number of nitrogens with zero attached hydrogens (tertiary/aromatic N) is 1. The van der Waals surface area contributed by atoms with Gasteiger partial charge < -0.3 is 4.98 Å². The fourth-order valence-electron chi connectivity index (χ4n) is 1.41. The van der Waals surface area contributed by atoms with E-state index >= 15 is 0 Å². The maximum absolute atomic E-state index is 12.4. The van der Waals surface area contributed by atoms with Gasteiger partial charge in [0.05, 0.1) is 16.6 Å². The van der Waals surface area contributed by atoms with Crippen molar-refractivity contribution >= 4 is 11.0 Å². The van der Waals surface area contributed by atoms with Crippen molar-refractivity contribution in [3.8, 4) is 0 Å². The Hall–Kier alpha value is -1.52. The molecule has 0 radical (unpaired) electrons. The number of rotatable bonds is 1. The van der Waals surface area contributed by atoms with Crippen LogP contribution in [-0.4, -0.2) is 9.97 Å². The topological polar surface area (TPSA) is 28.7 Å². The second-order valence-electron chi connectivity index (χ2n) is 3.27. The molecule has 0 spiro atoms. The van der Waals surface area contributed by atoms with Crippen LogP contribution in [0.5, 0.6) is 0 Å². The molecule has 80 valence electrons. The van der Waals surface area contributed by atoms with Gasteiger partial charge in [-0.3, -0.25) is 0 Å². The molecule has 0 aliphatic rings. The third-order valence-electron chi connectivity index (χ3n) is 2.19. The van der Waals surface area contributed by atoms with E-state index in [1.165, 1.54) is 6.07 Å². The molecule has 0 amide bonds. The Labute approximate surface area is 84.1 Å². The molecule has 0 unspecified atom stereocenters. The maximum Gasteiger partial charge on any atom is 0.416 e. The third-order valence-corrected chi connectivity index (χ3v) is 2.19. The van der Waals surface area contributed by atoms with E-state index in [0.717, 1.165) is 12.1 Å². The predicted octanol–water partition coefficient (Wildman–Crippen LogP) is 3.14. The monoisotopic (exact) mass is 214 g/mol. The highest BCUT2D eigenvalue weighted by Crippen LogP contribution is 2.30. The number of imidazole rings is 1. The van der Waals surface area contributed by atoms with Crippen LogP contribution in [0.1, 0.15) is 18.3 Å². The lowest BCUT2D eigenvalue weighted by Crippen LogP contribution is -2.04. The van der Waals surface area contributed by atoms with E-state index in [1.807, 2.05) is 6.92 Å². The molecule has 1 aromatic heterocycles. The van der Waals surface area contributed by atoms with E-state index in [4.69, 9.17) is 0 Å². The van der Waals surface area contributed by atoms with Gasteiger partial charge in [-0.25, -0.2) is 4.98 Å². The first kappa shape index (κ1) is 10.0. The Morgan fingerprint density at radius 3 is 2.67 bits per heavy atom. The number of hydrogen-bond acceptors (Lipinski definition) is 1. The molecule has 0 aliphatic carbocycles. The molecule has 2 aromatic rings. The van der Waals surface area contributed by atoms with Crippen molar-refractivity contribution in [1.82, 2.24) is 9.97 Å². The van der Waals surface area contributed by atoms with Gasteiger partial charge in [0.1, 0.15) is 5.82 Å². The van der Waals surface area contributed by atoms with E-state index in [1.54, 1.807) is 0 Å². The molecule has 2 nitrogen and oxygen atoms in total. The van der Waals surface area contributed by atoms with Crippen molar-refractivity contribution in [3.05, 3.63) is 29.6 Å². The number of benzene rings is 1. The minimum atomic E-state index is -4.30. The van der Waals surface area contributed by atoms with Gasteiger partial charge in [-0.15, -0.1) is 0 Å². The summed E-state index contributed by atoms with van der Waals surface area (Å²) in [7, 11) is 0. The average molecular weight is 214 g/mol. The Kier molecular flexibility index (Phi) is 2.17. The smallest absolute Gasteiger partial charge is 0.342 e. The summed E-state index contributed by atoms with van der Waals surface area (Å²) in [6.07, 6.45) is -3.62. The van der Waals surface area contributed by atoms with Gasteiger partial charge in [-0.2, -0.15) is 13.2 Å². The highest BCUT2D eigenvalue weighted by atomic mass is 19.4. The predicted molar refractivity (Wildman–Crippen MR) is 50.5 cm³/mol. The zero-order valence-corrected chi connectivity index (χ0v) is 8.02. The van der Waals surface area contributed by atoms with Gasteiger partial charge in [0.15, 0.2) is 0 Å². The number of alkyl halides is 3. The quantitative estimate of drug-likeness (QED) is 0.776. The molecule has 1 heterocycles. The van der Waals surface area contributed by atoms with E-state index in [0.29, 0.717) is 23.3 Å². The number of halogens is 3. The van der Waals surface area contributed by atoms with Crippen molar-refractivity contribution < 1.29 is 13.2 Å². The molecule has 0 saturated heterocycles. The summed E-state index contributed by atoms with van der Waals surface area (Å²) in [6.45, 7) is 1.89. The number of fused-ring (bicyclic) bond motifs is 1. The fraction of sp³-hybridized carbons (Fsp3) is 0.300. The molecule has 5 heteroatoms. The van der Waals surface area contributed by atoms with Crippen molar-refractivity contribution in [2.24, 2.45) is 0 Å². The standard InChI is InChI=1S/C10H9F3N2/c1-2-9-14-7-4-3-6(10(11,12)13)5-8(7)15-9/h3-5H,2H2,1H3,(H,14,15). The molecule has 1 aromatic carbocycles. The van der Waals surface area contributed by atoms with Crippen molar-refractivity contribution in [2.75, 3.05) is 0 Å². The molecule has 1 N–H and O–H groups in total. The molecule has 15 heavy (non-hydrogen) atoms.